The van der Waals surface area contributed by atoms with Crippen LogP contribution >= 0.6 is 11.3 Å². The van der Waals surface area contributed by atoms with Gasteiger partial charge in [0.05, 0.1) is 31.1 Å². The van der Waals surface area contributed by atoms with Gasteiger partial charge in [0.15, 0.2) is 11.5 Å². The van der Waals surface area contributed by atoms with E-state index < -0.39 is 23.8 Å². The first-order chi connectivity index (χ1) is 19.3. The molecule has 1 aliphatic rings. The van der Waals surface area contributed by atoms with Crippen LogP contribution in [0.2, 0.25) is 0 Å². The van der Waals surface area contributed by atoms with Crippen LogP contribution in [0.1, 0.15) is 57.0 Å². The van der Waals surface area contributed by atoms with Gasteiger partial charge >= 0.3 is 23.8 Å². The van der Waals surface area contributed by atoms with E-state index in [9.17, 15) is 19.2 Å². The van der Waals surface area contributed by atoms with Crippen molar-refractivity contribution in [3.63, 3.8) is 0 Å². The molecule has 0 saturated carbocycles. The minimum absolute atomic E-state index is 0.198. The Kier molecular flexibility index (Phi) is 9.28. The van der Waals surface area contributed by atoms with Crippen molar-refractivity contribution >= 4 is 46.3 Å². The smallest absolute Gasteiger partial charge is 0.343 e. The Labute approximate surface area is 235 Å². The topological polar surface area (TPSA) is 132 Å². The van der Waals surface area contributed by atoms with E-state index in [1.165, 1.54) is 30.7 Å². The van der Waals surface area contributed by atoms with E-state index in [0.717, 1.165) is 23.3 Å². The summed E-state index contributed by atoms with van der Waals surface area (Å²) in [4.78, 5) is 51.1. The number of hydrogen-bond acceptors (Lipinski definition) is 9. The van der Waals surface area contributed by atoms with Gasteiger partial charge in [0.25, 0.3) is 0 Å². The van der Waals surface area contributed by atoms with Gasteiger partial charge in [0, 0.05) is 4.88 Å². The highest BCUT2D eigenvalue weighted by molar-refractivity contribution is 7.17. The molecule has 2 aromatic carbocycles. The number of nitrogens with one attached hydrogen (secondary N) is 2. The maximum Gasteiger partial charge on any atom is 0.343 e. The molecule has 1 heterocycles. The highest BCUT2D eigenvalue weighted by Gasteiger charge is 2.30. The number of hydrazone groups is 1. The monoisotopic (exact) mass is 563 g/mol. The van der Waals surface area contributed by atoms with Crippen molar-refractivity contribution in [1.29, 1.82) is 0 Å². The van der Waals surface area contributed by atoms with E-state index in [4.69, 9.17) is 14.2 Å². The Hall–Kier alpha value is -4.51. The highest BCUT2D eigenvalue weighted by Crippen LogP contribution is 2.40. The van der Waals surface area contributed by atoms with Crippen molar-refractivity contribution in [2.75, 3.05) is 19.0 Å². The van der Waals surface area contributed by atoms with E-state index >= 15 is 0 Å². The summed E-state index contributed by atoms with van der Waals surface area (Å²) in [7, 11) is 1.43. The van der Waals surface area contributed by atoms with Crippen molar-refractivity contribution < 1.29 is 33.4 Å². The molecular weight excluding hydrogens is 534 g/mol. The standard InChI is InChI=1S/C29H29N3O7S/c1-4-38-29(36)24-20-12-10-17(2)14-23(20)40-27(24)31-25(33)26(34)32-30-16-18-11-13-21(22(15-18)37-3)39-28(35)19-8-6-5-7-9-19/h5-9,11,13,15-17H,4,10,12,14H2,1-3H3,(H,31,33)(H,32,34). The molecule has 4 rings (SSSR count). The molecular formula is C29H29N3O7S. The lowest BCUT2D eigenvalue weighted by Crippen LogP contribution is -2.32. The van der Waals surface area contributed by atoms with Crippen LogP contribution < -0.4 is 20.2 Å². The lowest BCUT2D eigenvalue weighted by atomic mass is 9.88. The Balaban J connectivity index is 1.40. The van der Waals surface area contributed by atoms with Gasteiger partial charge in [-0.25, -0.2) is 15.0 Å². The maximum atomic E-state index is 12.6. The average Bonchev–Trinajstić information content (AvgIpc) is 3.30. The van der Waals surface area contributed by atoms with Gasteiger partial charge in [-0.15, -0.1) is 11.3 Å². The number of fused-ring (bicyclic) bond motifs is 1. The maximum absolute atomic E-state index is 12.6. The lowest BCUT2D eigenvalue weighted by molar-refractivity contribution is -0.136. The normalized spacial score (nSPS) is 14.2. The van der Waals surface area contributed by atoms with Gasteiger partial charge in [-0.1, -0.05) is 25.1 Å². The van der Waals surface area contributed by atoms with Crippen LogP contribution in [0.25, 0.3) is 0 Å². The zero-order chi connectivity index (χ0) is 28.6. The van der Waals surface area contributed by atoms with Crippen LogP contribution in [0.3, 0.4) is 0 Å². The molecule has 1 aromatic heterocycles. The fraction of sp³-hybridized carbons (Fsp3) is 0.276. The molecule has 0 spiro atoms. The van der Waals surface area contributed by atoms with Crippen LogP contribution in [-0.4, -0.2) is 43.7 Å². The van der Waals surface area contributed by atoms with Gasteiger partial charge in [-0.2, -0.15) is 5.10 Å². The Morgan fingerprint density at radius 1 is 1.05 bits per heavy atom. The molecule has 1 atom stereocenters. The Bertz CT molecular complexity index is 1450. The predicted molar refractivity (Wildman–Crippen MR) is 150 cm³/mol. The first-order valence-corrected chi connectivity index (χ1v) is 13.5. The third-order valence-electron chi connectivity index (χ3n) is 6.20. The third kappa shape index (κ3) is 6.73. The number of esters is 2. The SMILES string of the molecule is CCOC(=O)c1c(NC(=O)C(=O)NN=Cc2ccc(OC(=O)c3ccccc3)c(OC)c2)sc2c1CCC(C)C2. The summed E-state index contributed by atoms with van der Waals surface area (Å²) in [5.41, 5.74) is 4.28. The van der Waals surface area contributed by atoms with Crippen molar-refractivity contribution in [2.45, 2.75) is 33.1 Å². The number of hydrogen-bond donors (Lipinski definition) is 2. The van der Waals surface area contributed by atoms with Crippen LogP contribution in [0.5, 0.6) is 11.5 Å². The molecule has 10 nitrogen and oxygen atoms in total. The molecule has 0 saturated heterocycles. The number of nitrogens with zero attached hydrogens (tertiary/aromatic N) is 1. The molecule has 0 bridgehead atoms. The second-order valence-corrected chi connectivity index (χ2v) is 10.2. The number of ether oxygens (including phenoxy) is 3. The number of carbonyl (C=O) groups is 4. The van der Waals surface area contributed by atoms with Crippen molar-refractivity contribution in [1.82, 2.24) is 5.43 Å². The molecule has 0 radical (unpaired) electrons. The molecule has 40 heavy (non-hydrogen) atoms. The molecule has 2 amide bonds. The number of thiophene rings is 1. The van der Waals surface area contributed by atoms with Gasteiger partial charge in [0.1, 0.15) is 5.00 Å². The largest absolute Gasteiger partial charge is 0.493 e. The van der Waals surface area contributed by atoms with Crippen LogP contribution in [0.15, 0.2) is 53.6 Å². The zero-order valence-electron chi connectivity index (χ0n) is 22.3. The predicted octanol–water partition coefficient (Wildman–Crippen LogP) is 4.37. The number of anilines is 1. The summed E-state index contributed by atoms with van der Waals surface area (Å²) in [6.07, 6.45) is 3.75. The van der Waals surface area contributed by atoms with Crippen molar-refractivity contribution in [3.8, 4) is 11.5 Å². The van der Waals surface area contributed by atoms with Gasteiger partial charge in [0.2, 0.25) is 0 Å². The third-order valence-corrected chi connectivity index (χ3v) is 7.37. The quantitative estimate of drug-likeness (QED) is 0.137. The van der Waals surface area contributed by atoms with E-state index in [0.29, 0.717) is 34.0 Å². The highest BCUT2D eigenvalue weighted by atomic mass is 32.1. The van der Waals surface area contributed by atoms with Gasteiger partial charge in [-0.05, 0) is 73.6 Å². The van der Waals surface area contributed by atoms with E-state index in [1.54, 1.807) is 49.4 Å². The average molecular weight is 564 g/mol. The van der Waals surface area contributed by atoms with Crippen LogP contribution in [0, 0.1) is 5.92 Å². The van der Waals surface area contributed by atoms with Crippen molar-refractivity contribution in [2.24, 2.45) is 11.0 Å². The van der Waals surface area contributed by atoms with Crippen LogP contribution in [-0.2, 0) is 27.2 Å². The summed E-state index contributed by atoms with van der Waals surface area (Å²) in [6.45, 7) is 4.05. The summed E-state index contributed by atoms with van der Waals surface area (Å²) >= 11 is 1.29. The molecule has 0 fully saturated rings. The van der Waals surface area contributed by atoms with E-state index in [1.807, 2.05) is 0 Å². The number of carbonyl (C=O) groups excluding carboxylic acids is 4. The molecule has 2 N–H and O–H groups in total. The first kappa shape index (κ1) is 28.5. The molecule has 11 heteroatoms. The minimum atomic E-state index is -1.01. The van der Waals surface area contributed by atoms with Crippen LogP contribution in [0.4, 0.5) is 5.00 Å². The lowest BCUT2D eigenvalue weighted by Gasteiger charge is -2.18. The van der Waals surface area contributed by atoms with Crippen molar-refractivity contribution in [3.05, 3.63) is 75.7 Å². The molecule has 0 aliphatic heterocycles. The zero-order valence-corrected chi connectivity index (χ0v) is 23.1. The fourth-order valence-electron chi connectivity index (χ4n) is 4.22. The molecule has 1 unspecified atom stereocenters. The number of benzene rings is 2. The number of methoxy groups -OCH3 is 1. The minimum Gasteiger partial charge on any atom is -0.493 e. The van der Waals surface area contributed by atoms with Gasteiger partial charge < -0.3 is 19.5 Å². The Morgan fingerprint density at radius 3 is 2.55 bits per heavy atom. The Morgan fingerprint density at radius 2 is 1.82 bits per heavy atom. The number of rotatable bonds is 8. The molecule has 3 aromatic rings. The van der Waals surface area contributed by atoms with E-state index in [2.05, 4.69) is 22.8 Å². The summed E-state index contributed by atoms with van der Waals surface area (Å²) in [5, 5.41) is 6.69. The van der Waals surface area contributed by atoms with E-state index in [-0.39, 0.29) is 18.1 Å². The first-order valence-electron chi connectivity index (χ1n) is 12.7. The second kappa shape index (κ2) is 13.0. The summed E-state index contributed by atoms with van der Waals surface area (Å²) in [6, 6.07) is 13.2. The summed E-state index contributed by atoms with van der Waals surface area (Å²) in [5.74, 6) is -2.07. The fourth-order valence-corrected chi connectivity index (χ4v) is 5.61. The van der Waals surface area contributed by atoms with Gasteiger partial charge in [-0.3, -0.25) is 9.59 Å². The summed E-state index contributed by atoms with van der Waals surface area (Å²) < 4.78 is 15.9. The second-order valence-electron chi connectivity index (χ2n) is 9.10. The molecule has 1 aliphatic carbocycles. The number of amides is 2. The molecule has 208 valence electrons.